The van der Waals surface area contributed by atoms with Gasteiger partial charge in [-0.05, 0) is 24.7 Å². The van der Waals surface area contributed by atoms with Gasteiger partial charge in [-0.1, -0.05) is 41.5 Å². The van der Waals surface area contributed by atoms with Crippen LogP contribution in [0.25, 0.3) is 0 Å². The zero-order valence-corrected chi connectivity index (χ0v) is 32.9. The summed E-state index contributed by atoms with van der Waals surface area (Å²) in [4.78, 5) is 110. The average Bonchev–Trinajstić information content (AvgIpc) is 3.66. The largest absolute Gasteiger partial charge is 0.480 e. The van der Waals surface area contributed by atoms with Crippen molar-refractivity contribution in [2.75, 3.05) is 19.8 Å². The number of carboxylic acids is 1. The van der Waals surface area contributed by atoms with Crippen LogP contribution >= 0.6 is 0 Å². The number of rotatable bonds is 24. The Bertz CT molecular complexity index is 1520. The molecule has 0 unspecified atom stereocenters. The number of nitrogens with two attached hydrogens (primary N) is 1. The van der Waals surface area contributed by atoms with E-state index in [1.165, 1.54) is 26.4 Å². The van der Waals surface area contributed by atoms with Crippen LogP contribution in [0.3, 0.4) is 0 Å². The van der Waals surface area contributed by atoms with Crippen LogP contribution in [0.4, 0.5) is 0 Å². The van der Waals surface area contributed by atoms with Crippen LogP contribution in [0.2, 0.25) is 0 Å². The van der Waals surface area contributed by atoms with Crippen LogP contribution in [0.15, 0.2) is 12.5 Å². The Hall–Kier alpha value is -5.23. The Morgan fingerprint density at radius 3 is 1.28 bits per heavy atom. The van der Waals surface area contributed by atoms with Crippen molar-refractivity contribution in [1.29, 1.82) is 0 Å². The van der Waals surface area contributed by atoms with E-state index in [9.17, 15) is 58.8 Å². The number of amides is 7. The van der Waals surface area contributed by atoms with E-state index >= 15 is 0 Å². The predicted octanol–water partition coefficient (Wildman–Crippen LogP) is -5.92. The standard InChI is InChI=1S/C34H58N10O13/c1-14(2)23(41-27(49)19(35)10-45)31(53)39-21(11-46)28(50)42-24(15(3)4)32(54)40-22(12-47)29(51)44-26(17(7)48)33(55)43-25(16(5)6)30(52)38-20(34(56)57)8-18-9-36-13-37-18/h9,13-17,19-26,45-48H,8,10-12,35H2,1-7H3,(H,36,37)(H,38,52)(H,39,53)(H,40,54)(H,41,49)(H,42,50)(H,43,55)(H,44,51)(H,56,57)/t17-,19+,20+,21+,22+,23+,24+,25+,26+/m1/s1. The van der Waals surface area contributed by atoms with E-state index in [1.54, 1.807) is 27.7 Å². The Kier molecular flexibility index (Phi) is 20.7. The molecule has 23 heteroatoms. The molecule has 23 nitrogen and oxygen atoms in total. The molecule has 0 aliphatic carbocycles. The van der Waals surface area contributed by atoms with Gasteiger partial charge in [-0.2, -0.15) is 0 Å². The maximum absolute atomic E-state index is 13.4. The lowest BCUT2D eigenvalue weighted by molar-refractivity contribution is -0.142. The van der Waals surface area contributed by atoms with Crippen LogP contribution in [-0.4, -0.2) is 157 Å². The molecule has 0 aromatic carbocycles. The number of aromatic nitrogens is 2. The number of nitrogens with zero attached hydrogens (tertiary/aromatic N) is 1. The minimum atomic E-state index is -1.75. The number of imidazole rings is 1. The van der Waals surface area contributed by atoms with Gasteiger partial charge in [-0.15, -0.1) is 0 Å². The molecule has 1 aromatic heterocycles. The van der Waals surface area contributed by atoms with Crippen molar-refractivity contribution in [3.05, 3.63) is 18.2 Å². The number of H-pyrrole nitrogens is 1. The van der Waals surface area contributed by atoms with Gasteiger partial charge in [0, 0.05) is 18.3 Å². The van der Waals surface area contributed by atoms with Gasteiger partial charge < -0.3 is 73.5 Å². The normalized spacial score (nSPS) is 16.1. The first-order chi connectivity index (χ1) is 26.6. The van der Waals surface area contributed by atoms with E-state index in [-0.39, 0.29) is 6.42 Å². The molecule has 1 aromatic rings. The van der Waals surface area contributed by atoms with Crippen molar-refractivity contribution in [1.82, 2.24) is 47.2 Å². The third-order valence-corrected chi connectivity index (χ3v) is 8.56. The lowest BCUT2D eigenvalue weighted by Gasteiger charge is -2.29. The molecule has 9 atom stereocenters. The summed E-state index contributed by atoms with van der Waals surface area (Å²) in [5.41, 5.74) is 5.92. The minimum Gasteiger partial charge on any atom is -0.480 e. The summed E-state index contributed by atoms with van der Waals surface area (Å²) >= 11 is 0. The number of aliphatic hydroxyl groups is 4. The number of aliphatic hydroxyl groups excluding tert-OH is 4. The summed E-state index contributed by atoms with van der Waals surface area (Å²) in [5, 5.41) is 65.3. The zero-order valence-electron chi connectivity index (χ0n) is 32.9. The maximum Gasteiger partial charge on any atom is 0.326 e. The summed E-state index contributed by atoms with van der Waals surface area (Å²) in [5.74, 6) is -10.0. The molecular formula is C34H58N10O13. The van der Waals surface area contributed by atoms with E-state index in [1.807, 2.05) is 0 Å². The number of hydrogen-bond acceptors (Lipinski definition) is 14. The number of hydrogen-bond donors (Lipinski definition) is 14. The zero-order chi connectivity index (χ0) is 43.7. The third kappa shape index (κ3) is 15.7. The molecule has 7 amide bonds. The molecular weight excluding hydrogens is 756 g/mol. The van der Waals surface area contributed by atoms with Gasteiger partial charge in [0.15, 0.2) is 0 Å². The highest BCUT2D eigenvalue weighted by molar-refractivity contribution is 5.98. The highest BCUT2D eigenvalue weighted by Gasteiger charge is 2.37. The highest BCUT2D eigenvalue weighted by Crippen LogP contribution is 2.09. The van der Waals surface area contributed by atoms with E-state index in [4.69, 9.17) is 10.8 Å². The topological polar surface area (TPSA) is 377 Å². The molecule has 57 heavy (non-hydrogen) atoms. The van der Waals surface area contributed by atoms with Gasteiger partial charge in [0.1, 0.15) is 48.3 Å². The third-order valence-electron chi connectivity index (χ3n) is 8.56. The van der Waals surface area contributed by atoms with E-state index in [2.05, 4.69) is 47.2 Å². The first-order valence-electron chi connectivity index (χ1n) is 18.2. The molecule has 0 bridgehead atoms. The number of aromatic amines is 1. The minimum absolute atomic E-state index is 0.150. The summed E-state index contributed by atoms with van der Waals surface area (Å²) < 4.78 is 0. The van der Waals surface area contributed by atoms with Crippen molar-refractivity contribution < 1.29 is 63.9 Å². The molecule has 0 saturated carbocycles. The van der Waals surface area contributed by atoms with Crippen LogP contribution < -0.4 is 43.0 Å². The van der Waals surface area contributed by atoms with Gasteiger partial charge in [0.05, 0.1) is 32.3 Å². The lowest BCUT2D eigenvalue weighted by Crippen LogP contribution is -2.63. The van der Waals surface area contributed by atoms with Crippen LogP contribution in [-0.2, 0) is 44.8 Å². The number of nitrogens with one attached hydrogen (secondary N) is 8. The molecule has 0 aliphatic rings. The van der Waals surface area contributed by atoms with Crippen LogP contribution in [0, 0.1) is 17.8 Å². The van der Waals surface area contributed by atoms with Gasteiger partial charge in [0.2, 0.25) is 41.4 Å². The quantitative estimate of drug-likeness (QED) is 0.0462. The lowest BCUT2D eigenvalue weighted by atomic mass is 10.0. The fourth-order valence-corrected chi connectivity index (χ4v) is 5.09. The average molecular weight is 815 g/mol. The molecule has 0 saturated heterocycles. The summed E-state index contributed by atoms with van der Waals surface area (Å²) in [6.45, 7) is 7.81. The maximum atomic E-state index is 13.4. The van der Waals surface area contributed by atoms with Crippen molar-refractivity contribution in [2.24, 2.45) is 23.5 Å². The van der Waals surface area contributed by atoms with Gasteiger partial charge >= 0.3 is 5.97 Å². The number of carbonyl (C=O) groups is 8. The summed E-state index contributed by atoms with van der Waals surface area (Å²) in [7, 11) is 0. The molecule has 0 aliphatic heterocycles. The second kappa shape index (κ2) is 23.7. The fraction of sp³-hybridized carbons (Fsp3) is 0.676. The number of carboxylic acid groups (broad SMARTS) is 1. The van der Waals surface area contributed by atoms with E-state index in [0.717, 1.165) is 6.92 Å². The molecule has 15 N–H and O–H groups in total. The van der Waals surface area contributed by atoms with Crippen LogP contribution in [0.5, 0.6) is 0 Å². The van der Waals surface area contributed by atoms with Crippen molar-refractivity contribution >= 4 is 47.3 Å². The van der Waals surface area contributed by atoms with Gasteiger partial charge in [0.25, 0.3) is 0 Å². The predicted molar refractivity (Wildman–Crippen MR) is 199 cm³/mol. The SMILES string of the molecule is CC(C)[C@H](NC(=O)[C@H](CO)NC(=O)[C@@H](NC(=O)[C@@H](N)CO)C(C)C)C(=O)N[C@@H](CO)C(=O)N[C@H](C(=O)N[C@H](C(=O)N[C@@H](Cc1cnc[nH]1)C(=O)O)C(C)C)[C@@H](C)O. The van der Waals surface area contributed by atoms with Crippen LogP contribution in [0.1, 0.15) is 54.2 Å². The van der Waals surface area contributed by atoms with Crippen molar-refractivity contribution in [2.45, 2.75) is 109 Å². The summed E-state index contributed by atoms with van der Waals surface area (Å²) in [6.07, 6.45) is 0.971. The molecule has 0 fully saturated rings. The first kappa shape index (κ1) is 49.8. The smallest absolute Gasteiger partial charge is 0.326 e. The first-order valence-corrected chi connectivity index (χ1v) is 18.2. The van der Waals surface area contributed by atoms with Crippen molar-refractivity contribution in [3.63, 3.8) is 0 Å². The highest BCUT2D eigenvalue weighted by atomic mass is 16.4. The second-order valence-corrected chi connectivity index (χ2v) is 14.4. The monoisotopic (exact) mass is 814 g/mol. The fourth-order valence-electron chi connectivity index (χ4n) is 5.09. The van der Waals surface area contributed by atoms with Crippen molar-refractivity contribution in [3.8, 4) is 0 Å². The molecule has 0 spiro atoms. The van der Waals surface area contributed by atoms with Gasteiger partial charge in [-0.3, -0.25) is 33.6 Å². The number of carbonyl (C=O) groups excluding carboxylic acids is 7. The molecule has 322 valence electrons. The van der Waals surface area contributed by atoms with E-state index < -0.39 is 139 Å². The Labute approximate surface area is 329 Å². The molecule has 1 rings (SSSR count). The Morgan fingerprint density at radius 2 is 0.947 bits per heavy atom. The summed E-state index contributed by atoms with van der Waals surface area (Å²) in [6, 6.07) is -11.8. The number of aliphatic carboxylic acids is 1. The molecule has 0 radical (unpaired) electrons. The van der Waals surface area contributed by atoms with E-state index in [0.29, 0.717) is 5.69 Å². The Morgan fingerprint density at radius 1 is 0.579 bits per heavy atom. The second-order valence-electron chi connectivity index (χ2n) is 14.4. The Balaban J connectivity index is 3.06. The molecule has 1 heterocycles. The van der Waals surface area contributed by atoms with Gasteiger partial charge in [-0.25, -0.2) is 9.78 Å².